The number of carbonyl (C=O) groups excluding carboxylic acids is 1. The zero-order valence-corrected chi connectivity index (χ0v) is 18.9. The Balaban J connectivity index is 1.61. The summed E-state index contributed by atoms with van der Waals surface area (Å²) in [6.07, 6.45) is 3.02. The quantitative estimate of drug-likeness (QED) is 0.240. The van der Waals surface area contributed by atoms with Gasteiger partial charge in [-0.15, -0.1) is 0 Å². The summed E-state index contributed by atoms with van der Waals surface area (Å²) >= 11 is 0. The maximum Gasteiger partial charge on any atom is 0.185 e. The molecule has 0 aliphatic carbocycles. The van der Waals surface area contributed by atoms with Crippen molar-refractivity contribution in [1.29, 1.82) is 0 Å². The van der Waals surface area contributed by atoms with Crippen LogP contribution in [-0.4, -0.2) is 25.1 Å². The highest BCUT2D eigenvalue weighted by Crippen LogP contribution is 2.42. The standard InChI is InChI=1S/C27H23F4N3O/c28-23-22(24(29)26(31)27(25(23)30)33-13-5-2-6-14-33)21-15-20(18-7-3-1-4-8-18)32-34(21)19-11-9-17(16-35)10-12-19/h1,3-4,7-12,16,21H,2,5-6,13-15H2. The first-order chi connectivity index (χ1) is 17.0. The van der Waals surface area contributed by atoms with Crippen LogP contribution in [0.1, 0.15) is 53.2 Å². The molecule has 0 radical (unpaired) electrons. The Morgan fingerprint density at radius 2 is 1.43 bits per heavy atom. The van der Waals surface area contributed by atoms with Gasteiger partial charge in [0.15, 0.2) is 23.3 Å². The Hall–Kier alpha value is -3.68. The molecule has 2 aliphatic rings. The molecule has 5 rings (SSSR count). The number of rotatable bonds is 5. The molecule has 0 amide bonds. The van der Waals surface area contributed by atoms with Crippen molar-refractivity contribution < 1.29 is 22.4 Å². The number of hydrogen-bond acceptors (Lipinski definition) is 4. The fourth-order valence-corrected chi connectivity index (χ4v) is 4.81. The van der Waals surface area contributed by atoms with Crippen LogP contribution >= 0.6 is 0 Å². The highest BCUT2D eigenvalue weighted by atomic mass is 19.2. The lowest BCUT2D eigenvalue weighted by molar-refractivity contribution is 0.112. The summed E-state index contributed by atoms with van der Waals surface area (Å²) in [6, 6.07) is 14.2. The Labute approximate surface area is 200 Å². The van der Waals surface area contributed by atoms with Crippen molar-refractivity contribution >= 4 is 23.4 Å². The molecule has 4 nitrogen and oxygen atoms in total. The van der Waals surface area contributed by atoms with Crippen molar-refractivity contribution in [3.05, 3.63) is 94.6 Å². The average Bonchev–Trinajstić information content (AvgIpc) is 3.34. The van der Waals surface area contributed by atoms with Gasteiger partial charge in [0.25, 0.3) is 0 Å². The molecule has 2 aliphatic heterocycles. The average molecular weight is 481 g/mol. The Bertz CT molecular complexity index is 1240. The van der Waals surface area contributed by atoms with Gasteiger partial charge in [0.05, 0.1) is 23.0 Å². The Morgan fingerprint density at radius 3 is 2.03 bits per heavy atom. The lowest BCUT2D eigenvalue weighted by Crippen LogP contribution is -2.32. The van der Waals surface area contributed by atoms with Crippen molar-refractivity contribution in [1.82, 2.24) is 0 Å². The molecule has 0 saturated carbocycles. The second-order valence-electron chi connectivity index (χ2n) is 8.75. The van der Waals surface area contributed by atoms with Gasteiger partial charge in [-0.3, -0.25) is 9.80 Å². The molecule has 3 aromatic rings. The molecule has 1 fully saturated rings. The van der Waals surface area contributed by atoms with Crippen LogP contribution < -0.4 is 9.91 Å². The monoisotopic (exact) mass is 481 g/mol. The molecule has 1 unspecified atom stereocenters. The number of halogens is 4. The predicted octanol–water partition coefficient (Wildman–Crippen LogP) is 6.40. The van der Waals surface area contributed by atoms with Gasteiger partial charge in [-0.1, -0.05) is 30.3 Å². The fraction of sp³-hybridized carbons (Fsp3) is 0.259. The molecule has 0 aromatic heterocycles. The number of carbonyl (C=O) groups is 1. The minimum atomic E-state index is -1.41. The van der Waals surface area contributed by atoms with Gasteiger partial charge in [-0.25, -0.2) is 17.6 Å². The van der Waals surface area contributed by atoms with Gasteiger partial charge in [0.1, 0.15) is 12.0 Å². The number of nitrogens with zero attached hydrogens (tertiary/aromatic N) is 3. The summed E-state index contributed by atoms with van der Waals surface area (Å²) in [5.41, 5.74) is 0.761. The maximum absolute atomic E-state index is 15.5. The molecule has 8 heteroatoms. The predicted molar refractivity (Wildman–Crippen MR) is 127 cm³/mol. The normalized spacial score (nSPS) is 18.1. The van der Waals surface area contributed by atoms with E-state index in [9.17, 15) is 4.79 Å². The molecule has 0 N–H and O–H groups in total. The summed E-state index contributed by atoms with van der Waals surface area (Å²) in [6.45, 7) is 0.679. The zero-order chi connectivity index (χ0) is 24.5. The summed E-state index contributed by atoms with van der Waals surface area (Å²) in [7, 11) is 0. The molecular formula is C27H23F4N3O. The second kappa shape index (κ2) is 9.52. The van der Waals surface area contributed by atoms with E-state index in [1.165, 1.54) is 9.91 Å². The lowest BCUT2D eigenvalue weighted by atomic mass is 9.96. The molecule has 1 saturated heterocycles. The van der Waals surface area contributed by atoms with Gasteiger partial charge in [-0.05, 0) is 49.1 Å². The van der Waals surface area contributed by atoms with Crippen LogP contribution in [-0.2, 0) is 0 Å². The largest absolute Gasteiger partial charge is 0.367 e. The van der Waals surface area contributed by atoms with E-state index in [1.807, 2.05) is 30.3 Å². The zero-order valence-electron chi connectivity index (χ0n) is 18.9. The minimum Gasteiger partial charge on any atom is -0.367 e. The molecule has 3 aromatic carbocycles. The van der Waals surface area contributed by atoms with Gasteiger partial charge in [0, 0.05) is 25.1 Å². The number of hydrazone groups is 1. The second-order valence-corrected chi connectivity index (χ2v) is 8.75. The van der Waals surface area contributed by atoms with Crippen molar-refractivity contribution in [2.75, 3.05) is 23.0 Å². The van der Waals surface area contributed by atoms with Gasteiger partial charge >= 0.3 is 0 Å². The highest BCUT2D eigenvalue weighted by Gasteiger charge is 2.38. The summed E-state index contributed by atoms with van der Waals surface area (Å²) in [5, 5.41) is 5.93. The summed E-state index contributed by atoms with van der Waals surface area (Å²) in [5.74, 6) is -5.59. The van der Waals surface area contributed by atoms with Gasteiger partial charge < -0.3 is 4.90 Å². The number of anilines is 2. The number of piperidine rings is 1. The number of benzene rings is 3. The smallest absolute Gasteiger partial charge is 0.185 e. The van der Waals surface area contributed by atoms with Crippen LogP contribution in [0.2, 0.25) is 0 Å². The van der Waals surface area contributed by atoms with E-state index >= 15 is 17.6 Å². The third-order valence-corrected chi connectivity index (χ3v) is 6.59. The third-order valence-electron chi connectivity index (χ3n) is 6.59. The van der Waals surface area contributed by atoms with E-state index in [2.05, 4.69) is 5.10 Å². The first kappa shape index (κ1) is 23.1. The van der Waals surface area contributed by atoms with Crippen LogP contribution in [0.4, 0.5) is 28.9 Å². The molecule has 0 bridgehead atoms. The third kappa shape index (κ3) is 4.17. The van der Waals surface area contributed by atoms with E-state index in [1.54, 1.807) is 24.3 Å². The number of hydrogen-bond donors (Lipinski definition) is 0. The van der Waals surface area contributed by atoms with Crippen LogP contribution in [0, 0.1) is 23.3 Å². The van der Waals surface area contributed by atoms with Gasteiger partial charge in [0.2, 0.25) is 0 Å². The van der Waals surface area contributed by atoms with Crippen LogP contribution in [0.3, 0.4) is 0 Å². The van der Waals surface area contributed by atoms with Crippen molar-refractivity contribution in [2.24, 2.45) is 5.10 Å². The Kier molecular flexibility index (Phi) is 6.28. The maximum atomic E-state index is 15.5. The first-order valence-corrected chi connectivity index (χ1v) is 11.6. The summed E-state index contributed by atoms with van der Waals surface area (Å²) < 4.78 is 61.6. The van der Waals surface area contributed by atoms with E-state index < -0.39 is 40.6 Å². The fourth-order valence-electron chi connectivity index (χ4n) is 4.81. The molecular weight excluding hydrogens is 458 g/mol. The van der Waals surface area contributed by atoms with E-state index in [0.29, 0.717) is 49.2 Å². The molecule has 0 spiro atoms. The molecule has 1 atom stereocenters. The van der Waals surface area contributed by atoms with Crippen LogP contribution in [0.15, 0.2) is 59.7 Å². The van der Waals surface area contributed by atoms with E-state index in [0.717, 1.165) is 12.0 Å². The van der Waals surface area contributed by atoms with Gasteiger partial charge in [-0.2, -0.15) is 5.10 Å². The lowest BCUT2D eigenvalue weighted by Gasteiger charge is -2.31. The summed E-state index contributed by atoms with van der Waals surface area (Å²) in [4.78, 5) is 12.4. The SMILES string of the molecule is O=Cc1ccc(N2N=C(c3ccccc3)CC2c2c(F)c(F)c(N3CCCCC3)c(F)c2F)cc1. The van der Waals surface area contributed by atoms with E-state index in [4.69, 9.17) is 0 Å². The Morgan fingerprint density at radius 1 is 0.800 bits per heavy atom. The van der Waals surface area contributed by atoms with Crippen molar-refractivity contribution in [3.8, 4) is 0 Å². The molecule has 180 valence electrons. The number of aldehydes is 1. The first-order valence-electron chi connectivity index (χ1n) is 11.6. The van der Waals surface area contributed by atoms with E-state index in [-0.39, 0.29) is 6.42 Å². The van der Waals surface area contributed by atoms with Crippen molar-refractivity contribution in [2.45, 2.75) is 31.7 Å². The molecule has 2 heterocycles. The van der Waals surface area contributed by atoms with Crippen LogP contribution in [0.5, 0.6) is 0 Å². The highest BCUT2D eigenvalue weighted by molar-refractivity contribution is 6.03. The topological polar surface area (TPSA) is 35.9 Å². The minimum absolute atomic E-state index is 0.0369. The molecule has 35 heavy (non-hydrogen) atoms. The van der Waals surface area contributed by atoms with Crippen molar-refractivity contribution in [3.63, 3.8) is 0 Å². The van der Waals surface area contributed by atoms with Crippen LogP contribution in [0.25, 0.3) is 0 Å².